The summed E-state index contributed by atoms with van der Waals surface area (Å²) in [6.07, 6.45) is 3.30. The molecule has 1 N–H and O–H groups in total. The van der Waals surface area contributed by atoms with Gasteiger partial charge in [0.15, 0.2) is 0 Å². The van der Waals surface area contributed by atoms with Crippen LogP contribution in [0.25, 0.3) is 0 Å². The third-order valence-electron chi connectivity index (χ3n) is 8.22. The Hall–Kier alpha value is -3.81. The first-order valence-electron chi connectivity index (χ1n) is 14.3. The topological polar surface area (TPSA) is 79.4 Å². The second-order valence-electron chi connectivity index (χ2n) is 11.3. The molecule has 41 heavy (non-hydrogen) atoms. The van der Waals surface area contributed by atoms with Crippen LogP contribution in [0.3, 0.4) is 0 Å². The van der Waals surface area contributed by atoms with Gasteiger partial charge in [0, 0.05) is 23.3 Å². The zero-order valence-electron chi connectivity index (χ0n) is 23.5. The summed E-state index contributed by atoms with van der Waals surface area (Å²) in [7, 11) is -3.71. The number of hydrogen-bond donors (Lipinski definition) is 1. The number of sulfonamides is 1. The molecule has 0 aliphatic heterocycles. The fraction of sp³-hybridized carbons (Fsp3) is 0.294. The number of benzene rings is 3. The van der Waals surface area contributed by atoms with Gasteiger partial charge in [0.05, 0.1) is 17.1 Å². The molecule has 4 aromatic rings. The number of nitrogens with one attached hydrogen (secondary N) is 1. The van der Waals surface area contributed by atoms with Crippen LogP contribution >= 0.6 is 0 Å². The Balaban J connectivity index is 1.32. The van der Waals surface area contributed by atoms with Gasteiger partial charge in [0.25, 0.3) is 0 Å². The van der Waals surface area contributed by atoms with Crippen LogP contribution in [-0.2, 0) is 27.8 Å². The quantitative estimate of drug-likeness (QED) is 0.268. The van der Waals surface area contributed by atoms with Crippen LogP contribution < -0.4 is 9.62 Å². The smallest absolute Gasteiger partial charge is 0.241 e. The van der Waals surface area contributed by atoms with Crippen LogP contribution in [0.2, 0.25) is 0 Å². The van der Waals surface area contributed by atoms with Crippen LogP contribution in [0.5, 0.6) is 0 Å². The average molecular weight is 566 g/mol. The lowest BCUT2D eigenvalue weighted by atomic mass is 9.87. The zero-order valence-corrected chi connectivity index (χ0v) is 24.3. The Morgan fingerprint density at radius 1 is 0.951 bits per heavy atom. The average Bonchev–Trinajstić information content (AvgIpc) is 3.77. The Bertz CT molecular complexity index is 1690. The number of rotatable bonds is 8. The zero-order chi connectivity index (χ0) is 28.6. The number of hydrogen-bond acceptors (Lipinski definition) is 4. The molecule has 1 aromatic heterocycles. The van der Waals surface area contributed by atoms with Crippen molar-refractivity contribution in [3.63, 3.8) is 0 Å². The second-order valence-corrected chi connectivity index (χ2v) is 13.0. The summed E-state index contributed by atoms with van der Waals surface area (Å²) in [5.74, 6) is 0.201. The molecular weight excluding hydrogens is 530 g/mol. The number of carbonyl (C=O) groups is 1. The second kappa shape index (κ2) is 11.2. The molecule has 1 heterocycles. The van der Waals surface area contributed by atoms with Crippen molar-refractivity contribution in [1.29, 1.82) is 0 Å². The summed E-state index contributed by atoms with van der Waals surface area (Å²) in [5, 5.41) is 0. The fourth-order valence-electron chi connectivity index (χ4n) is 6.00. The van der Waals surface area contributed by atoms with Gasteiger partial charge < -0.3 is 4.90 Å². The predicted molar refractivity (Wildman–Crippen MR) is 161 cm³/mol. The van der Waals surface area contributed by atoms with E-state index in [0.29, 0.717) is 13.0 Å². The molecule has 2 aliphatic carbocycles. The number of pyridine rings is 1. The highest BCUT2D eigenvalue weighted by molar-refractivity contribution is 7.89. The van der Waals surface area contributed by atoms with Crippen molar-refractivity contribution in [2.75, 3.05) is 4.90 Å². The third-order valence-corrected chi connectivity index (χ3v) is 9.69. The van der Waals surface area contributed by atoms with Crippen molar-refractivity contribution >= 4 is 21.6 Å². The molecule has 1 fully saturated rings. The minimum Gasteiger partial charge on any atom is -0.306 e. The van der Waals surface area contributed by atoms with Crippen LogP contribution in [0, 0.1) is 19.8 Å². The van der Waals surface area contributed by atoms with Crippen molar-refractivity contribution in [2.45, 2.75) is 62.9 Å². The summed E-state index contributed by atoms with van der Waals surface area (Å²) in [6.45, 7) is 4.20. The van der Waals surface area contributed by atoms with Crippen LogP contribution in [-0.4, -0.2) is 19.3 Å². The lowest BCUT2D eigenvalue weighted by Crippen LogP contribution is -2.34. The van der Waals surface area contributed by atoms with Gasteiger partial charge in [-0.1, -0.05) is 54.6 Å². The van der Waals surface area contributed by atoms with Gasteiger partial charge in [0.1, 0.15) is 0 Å². The number of nitrogens with zero attached hydrogens (tertiary/aromatic N) is 2. The Morgan fingerprint density at radius 2 is 1.76 bits per heavy atom. The molecule has 6 nitrogen and oxygen atoms in total. The van der Waals surface area contributed by atoms with Crippen molar-refractivity contribution in [3.05, 3.63) is 125 Å². The minimum atomic E-state index is -3.71. The summed E-state index contributed by atoms with van der Waals surface area (Å²) in [6, 6.07) is 28.8. The van der Waals surface area contributed by atoms with E-state index < -0.39 is 10.0 Å². The van der Waals surface area contributed by atoms with E-state index in [-0.39, 0.29) is 28.7 Å². The lowest BCUT2D eigenvalue weighted by molar-refractivity contribution is -0.120. The molecule has 0 bridgehead atoms. The maximum absolute atomic E-state index is 14.1. The normalized spacial score (nSPS) is 19.8. The third kappa shape index (κ3) is 5.97. The van der Waals surface area contributed by atoms with E-state index >= 15 is 0 Å². The van der Waals surface area contributed by atoms with Crippen molar-refractivity contribution < 1.29 is 13.2 Å². The number of aromatic nitrogens is 1. The molecule has 3 aromatic carbocycles. The molecule has 210 valence electrons. The summed E-state index contributed by atoms with van der Waals surface area (Å²) >= 11 is 0. The summed E-state index contributed by atoms with van der Waals surface area (Å²) < 4.78 is 29.7. The highest BCUT2D eigenvalue weighted by atomic mass is 32.2. The van der Waals surface area contributed by atoms with Gasteiger partial charge >= 0.3 is 0 Å². The molecule has 1 saturated carbocycles. The molecule has 0 spiro atoms. The van der Waals surface area contributed by atoms with E-state index in [1.165, 1.54) is 5.56 Å². The van der Waals surface area contributed by atoms with Crippen LogP contribution in [0.15, 0.2) is 95.9 Å². The number of aryl methyl sites for hydroxylation is 3. The number of fused-ring (bicyclic) bond motifs is 1. The van der Waals surface area contributed by atoms with Gasteiger partial charge in [-0.15, -0.1) is 0 Å². The van der Waals surface area contributed by atoms with E-state index in [4.69, 9.17) is 0 Å². The number of carbonyl (C=O) groups excluding carboxylic acids is 1. The Kier molecular flexibility index (Phi) is 7.49. The molecule has 0 saturated heterocycles. The van der Waals surface area contributed by atoms with Gasteiger partial charge in [-0.2, -0.15) is 0 Å². The fourth-order valence-corrected chi connectivity index (χ4v) is 7.35. The highest BCUT2D eigenvalue weighted by Gasteiger charge is 2.46. The Morgan fingerprint density at radius 3 is 2.54 bits per heavy atom. The molecule has 7 heteroatoms. The largest absolute Gasteiger partial charge is 0.306 e. The predicted octanol–water partition coefficient (Wildman–Crippen LogP) is 6.39. The Labute approximate surface area is 242 Å². The molecule has 0 unspecified atom stereocenters. The first-order valence-corrected chi connectivity index (χ1v) is 15.8. The monoisotopic (exact) mass is 565 g/mol. The van der Waals surface area contributed by atoms with Gasteiger partial charge in [-0.05, 0) is 104 Å². The summed E-state index contributed by atoms with van der Waals surface area (Å²) in [4.78, 5) is 20.9. The highest BCUT2D eigenvalue weighted by Crippen LogP contribution is 2.49. The maximum Gasteiger partial charge on any atom is 0.241 e. The van der Waals surface area contributed by atoms with Crippen LogP contribution in [0.1, 0.15) is 64.9 Å². The lowest BCUT2D eigenvalue weighted by Gasteiger charge is -2.29. The SMILES string of the molecule is Cc1cccc(S(=O)(=O)N[C@@H]2CCCc3ccc(N(Cc4cccc(C)n4)C(=O)[C@@H]4C[C@@H]4c4ccccc4)cc32)c1. The van der Waals surface area contributed by atoms with E-state index in [1.807, 2.05) is 73.3 Å². The van der Waals surface area contributed by atoms with Crippen molar-refractivity contribution in [3.8, 4) is 0 Å². The number of anilines is 1. The molecule has 6 rings (SSSR count). The molecule has 1 amide bonds. The van der Waals surface area contributed by atoms with Gasteiger partial charge in [-0.3, -0.25) is 9.78 Å². The maximum atomic E-state index is 14.1. The number of amides is 1. The van der Waals surface area contributed by atoms with E-state index in [0.717, 1.165) is 53.0 Å². The van der Waals surface area contributed by atoms with E-state index in [1.54, 1.807) is 18.2 Å². The van der Waals surface area contributed by atoms with Gasteiger partial charge in [-0.25, -0.2) is 13.1 Å². The molecule has 0 radical (unpaired) electrons. The van der Waals surface area contributed by atoms with Crippen molar-refractivity contribution in [1.82, 2.24) is 9.71 Å². The molecule has 2 aliphatic rings. The molecule has 3 atom stereocenters. The van der Waals surface area contributed by atoms with Crippen LogP contribution in [0.4, 0.5) is 5.69 Å². The first-order chi connectivity index (χ1) is 19.8. The van der Waals surface area contributed by atoms with Crippen molar-refractivity contribution in [2.24, 2.45) is 5.92 Å². The van der Waals surface area contributed by atoms with Gasteiger partial charge in [0.2, 0.25) is 15.9 Å². The standard InChI is InChI=1S/C34H35N3O3S/c1-23-9-6-15-29(19-23)41(39,40)36-33-16-8-13-26-17-18-28(20-31(26)33)37(22-27-14-7-10-24(2)35-27)34(38)32-21-30(32)25-11-4-3-5-12-25/h3-7,9-12,14-15,17-20,30,32-33,36H,8,13,16,21-22H2,1-2H3/t30-,32-,33-/m1/s1. The minimum absolute atomic E-state index is 0.0785. The first kappa shape index (κ1) is 27.4. The van der Waals surface area contributed by atoms with E-state index in [2.05, 4.69) is 27.9 Å². The molecular formula is C34H35N3O3S. The summed E-state index contributed by atoms with van der Waals surface area (Å²) in [5.41, 5.74) is 6.64. The van der Waals surface area contributed by atoms with E-state index in [9.17, 15) is 13.2 Å².